The van der Waals surface area contributed by atoms with Crippen molar-refractivity contribution >= 4 is 5.82 Å². The van der Waals surface area contributed by atoms with Crippen molar-refractivity contribution in [3.63, 3.8) is 0 Å². The highest BCUT2D eigenvalue weighted by Crippen LogP contribution is 2.38. The van der Waals surface area contributed by atoms with E-state index in [4.69, 9.17) is 15.0 Å². The molecule has 1 N–H and O–H groups in total. The third-order valence-electron chi connectivity index (χ3n) is 5.80. The van der Waals surface area contributed by atoms with E-state index in [-0.39, 0.29) is 0 Å². The van der Waals surface area contributed by atoms with Crippen LogP contribution in [0.1, 0.15) is 55.7 Å². The molecular formula is C21H25N5. The molecule has 0 bridgehead atoms. The zero-order valence-electron chi connectivity index (χ0n) is 15.3. The molecule has 0 unspecified atom stereocenters. The highest BCUT2D eigenvalue weighted by Gasteiger charge is 2.31. The van der Waals surface area contributed by atoms with Gasteiger partial charge in [0.25, 0.3) is 0 Å². The summed E-state index contributed by atoms with van der Waals surface area (Å²) >= 11 is 0. The fourth-order valence-electron chi connectivity index (χ4n) is 4.48. The number of hydrogen-bond donors (Lipinski definition) is 1. The molecule has 134 valence electrons. The number of hydrogen-bond acceptors (Lipinski definition) is 4. The first-order chi connectivity index (χ1) is 12.8. The normalized spacial score (nSPS) is 19.8. The van der Waals surface area contributed by atoms with E-state index < -0.39 is 0 Å². The van der Waals surface area contributed by atoms with Gasteiger partial charge in [0.15, 0.2) is 11.5 Å². The molecule has 26 heavy (non-hydrogen) atoms. The Balaban J connectivity index is 1.49. The van der Waals surface area contributed by atoms with Crippen LogP contribution in [0.3, 0.4) is 0 Å². The first-order valence-corrected chi connectivity index (χ1v) is 9.89. The topological polar surface area (TPSA) is 55.6 Å². The summed E-state index contributed by atoms with van der Waals surface area (Å²) < 4.78 is 2.32. The van der Waals surface area contributed by atoms with Gasteiger partial charge < -0.3 is 9.88 Å². The van der Waals surface area contributed by atoms with Crippen molar-refractivity contribution in [3.05, 3.63) is 47.5 Å². The molecule has 1 saturated carbocycles. The number of fused-ring (bicyclic) bond motifs is 3. The molecule has 5 nitrogen and oxygen atoms in total. The molecule has 5 heteroatoms. The molecule has 1 fully saturated rings. The van der Waals surface area contributed by atoms with Crippen LogP contribution in [0.4, 0.5) is 5.82 Å². The van der Waals surface area contributed by atoms with Gasteiger partial charge in [-0.05, 0) is 24.8 Å². The van der Waals surface area contributed by atoms with Gasteiger partial charge in [-0.15, -0.1) is 0 Å². The summed E-state index contributed by atoms with van der Waals surface area (Å²) in [4.78, 5) is 14.6. The van der Waals surface area contributed by atoms with Gasteiger partial charge in [-0.25, -0.2) is 15.0 Å². The van der Waals surface area contributed by atoms with Crippen LogP contribution in [-0.4, -0.2) is 25.6 Å². The summed E-state index contributed by atoms with van der Waals surface area (Å²) in [6.45, 7) is 3.11. The van der Waals surface area contributed by atoms with Crippen molar-refractivity contribution in [2.75, 3.05) is 5.32 Å². The lowest BCUT2D eigenvalue weighted by molar-refractivity contribution is 0.613. The van der Waals surface area contributed by atoms with E-state index in [1.54, 1.807) is 0 Å². The first kappa shape index (κ1) is 15.8. The predicted octanol–water partition coefficient (Wildman–Crippen LogP) is 4.03. The number of nitrogens with zero attached hydrogens (tertiary/aromatic N) is 4. The second kappa shape index (κ2) is 6.38. The Bertz CT molecular complexity index is 879. The summed E-state index contributed by atoms with van der Waals surface area (Å²) in [5.41, 5.74) is 2.32. The van der Waals surface area contributed by atoms with E-state index in [2.05, 4.69) is 47.1 Å². The standard InChI is InChI=1S/C21H25N5/c1-2-17-23-20-18(24-19(25-20)15-10-6-7-11-15)21-22-16(13-26(17)21)12-14-8-4-3-5-9-14/h3-5,8-9,15-16,22H,2,6-7,10-13H2,1H3/t16-/m1/s1. The van der Waals surface area contributed by atoms with Crippen molar-refractivity contribution in [2.45, 2.75) is 64.0 Å². The number of aromatic nitrogens is 4. The van der Waals surface area contributed by atoms with Crippen LogP contribution in [0.15, 0.2) is 30.3 Å². The molecule has 0 aromatic heterocycles. The van der Waals surface area contributed by atoms with Gasteiger partial charge in [-0.3, -0.25) is 0 Å². The molecule has 1 aromatic carbocycles. The number of aryl methyl sites for hydroxylation is 1. The van der Waals surface area contributed by atoms with E-state index in [0.717, 1.165) is 48.4 Å². The van der Waals surface area contributed by atoms with Crippen LogP contribution in [0.2, 0.25) is 0 Å². The van der Waals surface area contributed by atoms with E-state index in [9.17, 15) is 0 Å². The molecule has 3 heterocycles. The van der Waals surface area contributed by atoms with Gasteiger partial charge >= 0.3 is 0 Å². The number of nitrogens with one attached hydrogen (secondary N) is 1. The lowest BCUT2D eigenvalue weighted by Crippen LogP contribution is -2.19. The van der Waals surface area contributed by atoms with Crippen molar-refractivity contribution in [1.29, 1.82) is 0 Å². The fraction of sp³-hybridized carbons (Fsp3) is 0.476. The zero-order valence-corrected chi connectivity index (χ0v) is 15.3. The molecule has 4 aliphatic rings. The van der Waals surface area contributed by atoms with E-state index in [1.165, 1.54) is 31.2 Å². The summed E-state index contributed by atoms with van der Waals surface area (Å²) in [5, 5.41) is 3.73. The van der Waals surface area contributed by atoms with Crippen LogP contribution >= 0.6 is 0 Å². The van der Waals surface area contributed by atoms with Crippen molar-refractivity contribution < 1.29 is 0 Å². The van der Waals surface area contributed by atoms with E-state index >= 15 is 0 Å². The first-order valence-electron chi connectivity index (χ1n) is 9.89. The van der Waals surface area contributed by atoms with Crippen molar-refractivity contribution in [2.24, 2.45) is 0 Å². The van der Waals surface area contributed by atoms with E-state index in [0.29, 0.717) is 12.0 Å². The monoisotopic (exact) mass is 347 g/mol. The van der Waals surface area contributed by atoms with Gasteiger partial charge in [-0.1, -0.05) is 50.1 Å². The van der Waals surface area contributed by atoms with Crippen molar-refractivity contribution in [3.8, 4) is 11.5 Å². The lowest BCUT2D eigenvalue weighted by Gasteiger charge is -2.11. The summed E-state index contributed by atoms with van der Waals surface area (Å²) in [6.07, 6.45) is 6.96. The third kappa shape index (κ3) is 2.66. The quantitative estimate of drug-likeness (QED) is 0.774. The van der Waals surface area contributed by atoms with Gasteiger partial charge in [0.05, 0.1) is 0 Å². The lowest BCUT2D eigenvalue weighted by atomic mass is 10.1. The number of benzene rings is 1. The Morgan fingerprint density at radius 1 is 1.08 bits per heavy atom. The average molecular weight is 347 g/mol. The largest absolute Gasteiger partial charge is 0.365 e. The molecular weight excluding hydrogens is 322 g/mol. The minimum Gasteiger partial charge on any atom is -0.365 e. The zero-order chi connectivity index (χ0) is 17.5. The minimum atomic E-state index is 0.377. The summed E-state index contributed by atoms with van der Waals surface area (Å²) in [7, 11) is 0. The Hall–Kier alpha value is -2.43. The maximum atomic E-state index is 4.93. The Labute approximate surface area is 154 Å². The Morgan fingerprint density at radius 2 is 1.88 bits per heavy atom. The SMILES string of the molecule is CCc1nc2nc(C3CCCC3)nc-2c2n1C[C@@H](Cc1ccccc1)N2. The molecule has 1 atom stereocenters. The summed E-state index contributed by atoms with van der Waals surface area (Å²) in [5.74, 6) is 4.58. The molecule has 0 spiro atoms. The Morgan fingerprint density at radius 3 is 2.65 bits per heavy atom. The van der Waals surface area contributed by atoms with Crippen LogP contribution in [0.5, 0.6) is 0 Å². The van der Waals surface area contributed by atoms with Gasteiger partial charge in [0.1, 0.15) is 17.5 Å². The Kier molecular flexibility index (Phi) is 3.88. The molecule has 0 saturated heterocycles. The maximum absolute atomic E-state index is 4.93. The average Bonchev–Trinajstić information content (AvgIpc) is 3.39. The highest BCUT2D eigenvalue weighted by atomic mass is 15.3. The molecule has 1 aromatic rings. The fourth-order valence-corrected chi connectivity index (χ4v) is 4.48. The van der Waals surface area contributed by atoms with Gasteiger partial charge in [0, 0.05) is 24.9 Å². The summed E-state index contributed by atoms with van der Waals surface area (Å²) in [6, 6.07) is 11.1. The number of rotatable bonds is 4. The van der Waals surface area contributed by atoms with Crippen LogP contribution in [0.25, 0.3) is 11.5 Å². The van der Waals surface area contributed by atoms with Crippen LogP contribution in [0, 0.1) is 0 Å². The molecule has 3 aliphatic heterocycles. The van der Waals surface area contributed by atoms with Crippen LogP contribution < -0.4 is 5.32 Å². The molecule has 0 radical (unpaired) electrons. The molecule has 5 rings (SSSR count). The van der Waals surface area contributed by atoms with E-state index in [1.807, 2.05) is 0 Å². The second-order valence-corrected chi connectivity index (χ2v) is 7.61. The molecule has 0 amide bonds. The molecule has 1 aliphatic carbocycles. The van der Waals surface area contributed by atoms with Gasteiger partial charge in [-0.2, -0.15) is 0 Å². The van der Waals surface area contributed by atoms with Crippen molar-refractivity contribution in [1.82, 2.24) is 19.5 Å². The van der Waals surface area contributed by atoms with Crippen LogP contribution in [-0.2, 0) is 19.4 Å². The third-order valence-corrected chi connectivity index (χ3v) is 5.80. The number of imidazole rings is 1. The number of anilines is 1. The minimum absolute atomic E-state index is 0.377. The smallest absolute Gasteiger partial charge is 0.185 e. The highest BCUT2D eigenvalue weighted by molar-refractivity contribution is 5.70. The maximum Gasteiger partial charge on any atom is 0.185 e. The van der Waals surface area contributed by atoms with Gasteiger partial charge in [0.2, 0.25) is 0 Å². The second-order valence-electron chi connectivity index (χ2n) is 7.61. The predicted molar refractivity (Wildman–Crippen MR) is 103 cm³/mol.